The highest BCUT2D eigenvalue weighted by Gasteiger charge is 2.33. The molecule has 2 amide bonds. The first-order valence-corrected chi connectivity index (χ1v) is 11.1. The van der Waals surface area contributed by atoms with E-state index in [1.54, 1.807) is 42.3 Å². The number of ether oxygens (including phenoxy) is 1. The van der Waals surface area contributed by atoms with Gasteiger partial charge in [-0.3, -0.25) is 4.79 Å². The molecule has 35 heavy (non-hydrogen) atoms. The van der Waals surface area contributed by atoms with E-state index in [0.29, 0.717) is 48.5 Å². The van der Waals surface area contributed by atoms with Gasteiger partial charge in [0.15, 0.2) is 0 Å². The van der Waals surface area contributed by atoms with E-state index < -0.39 is 17.8 Å². The Kier molecular flexibility index (Phi) is 7.04. The lowest BCUT2D eigenvalue weighted by atomic mass is 10.0. The third-order valence-corrected chi connectivity index (χ3v) is 5.64. The van der Waals surface area contributed by atoms with Crippen LogP contribution >= 0.6 is 0 Å². The number of benzene rings is 1. The smallest absolute Gasteiger partial charge is 0.433 e. The summed E-state index contributed by atoms with van der Waals surface area (Å²) >= 11 is 0. The van der Waals surface area contributed by atoms with Gasteiger partial charge in [-0.15, -0.1) is 0 Å². The highest BCUT2D eigenvalue weighted by molar-refractivity contribution is 5.99. The summed E-state index contributed by atoms with van der Waals surface area (Å²) in [6.45, 7) is 3.24. The number of nitrogens with one attached hydrogen (secondary N) is 1. The maximum Gasteiger partial charge on any atom is 0.433 e. The second-order valence-corrected chi connectivity index (χ2v) is 7.89. The van der Waals surface area contributed by atoms with Crippen LogP contribution in [0.5, 0.6) is 0 Å². The molecule has 184 valence electrons. The zero-order valence-corrected chi connectivity index (χ0v) is 19.0. The topological polar surface area (TPSA) is 87.7 Å². The molecule has 0 bridgehead atoms. The molecular weight excluding hydrogens is 463 g/mol. The maximum absolute atomic E-state index is 13.4. The standard InChI is InChI=1S/C24H24F3N5O3/c1-2-35-20(33)15-29-23(34)32-12-10-31(11-13-32)22-17-8-9-19(24(25,26)27)30-21(17)18(14-28-22)16-6-4-3-5-7-16/h3-9,14H,2,10-13,15H2,1H3,(H,29,34). The Balaban J connectivity index is 1.58. The van der Waals surface area contributed by atoms with Crippen molar-refractivity contribution in [1.29, 1.82) is 0 Å². The molecule has 2 aromatic heterocycles. The SMILES string of the molecule is CCOC(=O)CNC(=O)N1CCN(c2ncc(-c3ccccc3)c3nc(C(F)(F)F)ccc23)CC1. The van der Waals surface area contributed by atoms with E-state index in [2.05, 4.69) is 15.3 Å². The third-order valence-electron chi connectivity index (χ3n) is 5.64. The van der Waals surface area contributed by atoms with Crippen LogP contribution in [0.1, 0.15) is 12.6 Å². The molecule has 3 heterocycles. The summed E-state index contributed by atoms with van der Waals surface area (Å²) in [5, 5.41) is 3.03. The number of esters is 1. The average Bonchev–Trinajstić information content (AvgIpc) is 2.86. The number of carbonyl (C=O) groups is 2. The van der Waals surface area contributed by atoms with Crippen molar-refractivity contribution in [1.82, 2.24) is 20.2 Å². The fourth-order valence-corrected chi connectivity index (χ4v) is 3.93. The molecule has 3 aromatic rings. The monoisotopic (exact) mass is 487 g/mol. The highest BCUT2D eigenvalue weighted by atomic mass is 19.4. The number of amides is 2. The molecule has 4 rings (SSSR count). The van der Waals surface area contributed by atoms with E-state index in [-0.39, 0.29) is 24.7 Å². The molecule has 8 nitrogen and oxygen atoms in total. The Morgan fingerprint density at radius 3 is 2.43 bits per heavy atom. The van der Waals surface area contributed by atoms with Gasteiger partial charge in [0.1, 0.15) is 18.1 Å². The van der Waals surface area contributed by atoms with Gasteiger partial charge >= 0.3 is 18.2 Å². The summed E-state index contributed by atoms with van der Waals surface area (Å²) in [5.41, 5.74) is 0.465. The van der Waals surface area contributed by atoms with Crippen molar-refractivity contribution in [3.63, 3.8) is 0 Å². The number of halogens is 3. The van der Waals surface area contributed by atoms with Crippen molar-refractivity contribution in [3.8, 4) is 11.1 Å². The van der Waals surface area contributed by atoms with Crippen LogP contribution in [-0.2, 0) is 15.7 Å². The second kappa shape index (κ2) is 10.2. The minimum absolute atomic E-state index is 0.214. The number of hydrogen-bond acceptors (Lipinski definition) is 6. The van der Waals surface area contributed by atoms with Gasteiger partial charge in [0.05, 0.1) is 12.1 Å². The van der Waals surface area contributed by atoms with Crippen LogP contribution in [0.15, 0.2) is 48.7 Å². The molecule has 1 saturated heterocycles. The summed E-state index contributed by atoms with van der Waals surface area (Å²) in [6, 6.07) is 11.0. The number of anilines is 1. The van der Waals surface area contributed by atoms with Gasteiger partial charge in [-0.2, -0.15) is 13.2 Å². The quantitative estimate of drug-likeness (QED) is 0.552. The number of carbonyl (C=O) groups excluding carboxylic acids is 2. The molecule has 1 aromatic carbocycles. The van der Waals surface area contributed by atoms with E-state index in [9.17, 15) is 22.8 Å². The molecule has 0 aliphatic carbocycles. The lowest BCUT2D eigenvalue weighted by molar-refractivity contribution is -0.142. The number of piperazine rings is 1. The zero-order chi connectivity index (χ0) is 25.0. The molecule has 1 N–H and O–H groups in total. The van der Waals surface area contributed by atoms with Crippen LogP contribution in [0.25, 0.3) is 22.0 Å². The Hall–Kier alpha value is -3.89. The van der Waals surface area contributed by atoms with Gasteiger partial charge < -0.3 is 19.9 Å². The average molecular weight is 487 g/mol. The van der Waals surface area contributed by atoms with Crippen molar-refractivity contribution in [2.45, 2.75) is 13.1 Å². The largest absolute Gasteiger partial charge is 0.465 e. The van der Waals surface area contributed by atoms with Crippen LogP contribution in [0.2, 0.25) is 0 Å². The minimum atomic E-state index is -4.58. The molecule has 0 saturated carbocycles. The van der Waals surface area contributed by atoms with Crippen LogP contribution in [0.4, 0.5) is 23.8 Å². The third kappa shape index (κ3) is 5.44. The number of fused-ring (bicyclic) bond motifs is 1. The van der Waals surface area contributed by atoms with E-state index in [1.165, 1.54) is 6.07 Å². The summed E-state index contributed by atoms with van der Waals surface area (Å²) in [5.74, 6) is -0.00752. The molecule has 1 aliphatic rings. The number of hydrogen-bond donors (Lipinski definition) is 1. The summed E-state index contributed by atoms with van der Waals surface area (Å²) in [6.07, 6.45) is -3.04. The Morgan fingerprint density at radius 1 is 1.06 bits per heavy atom. The van der Waals surface area contributed by atoms with Gasteiger partial charge in [-0.05, 0) is 24.6 Å². The predicted octanol–water partition coefficient (Wildman–Crippen LogP) is 3.71. The molecule has 0 spiro atoms. The molecule has 1 aliphatic heterocycles. The lowest BCUT2D eigenvalue weighted by Crippen LogP contribution is -2.52. The van der Waals surface area contributed by atoms with Crippen molar-refractivity contribution in [2.75, 3.05) is 44.2 Å². The highest BCUT2D eigenvalue weighted by Crippen LogP contribution is 2.36. The molecular formula is C24H24F3N5O3. The number of alkyl halides is 3. The second-order valence-electron chi connectivity index (χ2n) is 7.89. The number of urea groups is 1. The van der Waals surface area contributed by atoms with E-state index in [4.69, 9.17) is 4.74 Å². The van der Waals surface area contributed by atoms with Gasteiger partial charge in [-0.25, -0.2) is 14.8 Å². The molecule has 11 heteroatoms. The van der Waals surface area contributed by atoms with Crippen molar-refractivity contribution in [3.05, 3.63) is 54.4 Å². The number of pyridine rings is 2. The van der Waals surface area contributed by atoms with E-state index >= 15 is 0 Å². The first-order chi connectivity index (χ1) is 16.8. The Morgan fingerprint density at radius 2 is 1.77 bits per heavy atom. The van der Waals surface area contributed by atoms with E-state index in [0.717, 1.165) is 6.07 Å². The van der Waals surface area contributed by atoms with Crippen molar-refractivity contribution >= 4 is 28.7 Å². The minimum Gasteiger partial charge on any atom is -0.465 e. The first-order valence-electron chi connectivity index (χ1n) is 11.1. The summed E-state index contributed by atoms with van der Waals surface area (Å²) in [7, 11) is 0. The van der Waals surface area contributed by atoms with Gasteiger partial charge in [0.2, 0.25) is 0 Å². The van der Waals surface area contributed by atoms with Gasteiger partial charge in [0.25, 0.3) is 0 Å². The van der Waals surface area contributed by atoms with Gasteiger partial charge in [-0.1, -0.05) is 30.3 Å². The molecule has 1 fully saturated rings. The lowest BCUT2D eigenvalue weighted by Gasteiger charge is -2.35. The fraction of sp³-hybridized carbons (Fsp3) is 0.333. The van der Waals surface area contributed by atoms with Crippen LogP contribution in [0.3, 0.4) is 0 Å². The number of nitrogens with zero attached hydrogens (tertiary/aromatic N) is 4. The van der Waals surface area contributed by atoms with Gasteiger partial charge in [0, 0.05) is 43.3 Å². The fourth-order valence-electron chi connectivity index (χ4n) is 3.93. The number of aromatic nitrogens is 2. The maximum atomic E-state index is 13.4. The van der Waals surface area contributed by atoms with Crippen molar-refractivity contribution < 1.29 is 27.5 Å². The predicted molar refractivity (Wildman–Crippen MR) is 124 cm³/mol. The first kappa shape index (κ1) is 24.2. The van der Waals surface area contributed by atoms with Crippen LogP contribution in [0, 0.1) is 0 Å². The normalized spacial score (nSPS) is 14.2. The Labute approximate surface area is 199 Å². The van der Waals surface area contributed by atoms with Crippen LogP contribution in [-0.4, -0.2) is 66.2 Å². The van der Waals surface area contributed by atoms with E-state index in [1.807, 2.05) is 11.0 Å². The van der Waals surface area contributed by atoms with Crippen LogP contribution < -0.4 is 10.2 Å². The molecule has 0 unspecified atom stereocenters. The van der Waals surface area contributed by atoms with Crippen molar-refractivity contribution in [2.24, 2.45) is 0 Å². The molecule has 0 atom stereocenters. The molecule has 0 radical (unpaired) electrons. The number of rotatable bonds is 5. The zero-order valence-electron chi connectivity index (χ0n) is 19.0. The summed E-state index contributed by atoms with van der Waals surface area (Å²) < 4.78 is 45.1. The Bertz CT molecular complexity index is 1210. The summed E-state index contributed by atoms with van der Waals surface area (Å²) in [4.78, 5) is 35.8.